The molecule has 0 unspecified atom stereocenters. The van der Waals surface area contributed by atoms with Crippen molar-refractivity contribution in [2.45, 2.75) is 6.18 Å². The quantitative estimate of drug-likeness (QED) is 0.770. The third kappa shape index (κ3) is 2.96. The number of nitrogens with zero attached hydrogens (tertiary/aromatic N) is 3. The minimum Gasteiger partial charge on any atom is -0.364 e. The molecular formula is C15H10F3N5O. The van der Waals surface area contributed by atoms with Crippen LogP contribution in [0.3, 0.4) is 0 Å². The standard InChI is InChI=1S/C15H10F3N5O/c16-15(17,18)10-5-6-11(20-7-10)8-1-3-9(4-2-8)12-13(14(19)24)22-23-21-12/h1-7H,(H2,19,24)(H,21,22,23). The highest BCUT2D eigenvalue weighted by atomic mass is 19.4. The second-order valence-corrected chi connectivity index (χ2v) is 4.89. The van der Waals surface area contributed by atoms with Crippen LogP contribution < -0.4 is 5.73 Å². The van der Waals surface area contributed by atoms with E-state index in [-0.39, 0.29) is 5.69 Å². The minimum atomic E-state index is -4.42. The van der Waals surface area contributed by atoms with Crippen molar-refractivity contribution in [1.82, 2.24) is 20.4 Å². The molecule has 1 aromatic carbocycles. The fourth-order valence-corrected chi connectivity index (χ4v) is 2.14. The lowest BCUT2D eigenvalue weighted by atomic mass is 10.0. The lowest BCUT2D eigenvalue weighted by Crippen LogP contribution is -2.12. The van der Waals surface area contributed by atoms with Gasteiger partial charge in [-0.25, -0.2) is 0 Å². The molecule has 2 aromatic heterocycles. The van der Waals surface area contributed by atoms with Crippen molar-refractivity contribution in [2.24, 2.45) is 5.73 Å². The number of pyridine rings is 1. The van der Waals surface area contributed by atoms with Crippen molar-refractivity contribution in [1.29, 1.82) is 0 Å². The van der Waals surface area contributed by atoms with Gasteiger partial charge in [-0.05, 0) is 12.1 Å². The first-order valence-electron chi connectivity index (χ1n) is 6.71. The minimum absolute atomic E-state index is 0.00963. The van der Waals surface area contributed by atoms with Crippen LogP contribution in [-0.4, -0.2) is 26.3 Å². The Morgan fingerprint density at radius 1 is 1.00 bits per heavy atom. The van der Waals surface area contributed by atoms with Gasteiger partial charge in [-0.1, -0.05) is 24.3 Å². The largest absolute Gasteiger partial charge is 0.417 e. The number of hydrogen-bond donors (Lipinski definition) is 2. The SMILES string of the molecule is NC(=O)c1n[nH]nc1-c1ccc(-c2ccc(C(F)(F)F)cn2)cc1. The average Bonchev–Trinajstić information content (AvgIpc) is 3.04. The molecule has 0 aliphatic carbocycles. The molecule has 1 amide bonds. The average molecular weight is 333 g/mol. The molecule has 0 fully saturated rings. The maximum Gasteiger partial charge on any atom is 0.417 e. The number of benzene rings is 1. The lowest BCUT2D eigenvalue weighted by Gasteiger charge is -2.07. The van der Waals surface area contributed by atoms with Crippen LogP contribution in [0.5, 0.6) is 0 Å². The van der Waals surface area contributed by atoms with E-state index >= 15 is 0 Å². The molecule has 0 saturated heterocycles. The number of primary amides is 1. The van der Waals surface area contributed by atoms with Crippen molar-refractivity contribution in [3.05, 3.63) is 53.9 Å². The number of carbonyl (C=O) groups is 1. The Bertz CT molecular complexity index is 869. The van der Waals surface area contributed by atoms with Gasteiger partial charge in [0.05, 0.1) is 11.3 Å². The summed E-state index contributed by atoms with van der Waals surface area (Å²) in [5.74, 6) is -0.716. The van der Waals surface area contributed by atoms with Crippen LogP contribution in [0.15, 0.2) is 42.6 Å². The Kier molecular flexibility index (Phi) is 3.76. The second-order valence-electron chi connectivity index (χ2n) is 4.89. The smallest absolute Gasteiger partial charge is 0.364 e. The van der Waals surface area contributed by atoms with E-state index in [0.29, 0.717) is 22.5 Å². The molecule has 0 spiro atoms. The van der Waals surface area contributed by atoms with Crippen LogP contribution in [-0.2, 0) is 6.18 Å². The first-order chi connectivity index (χ1) is 11.4. The van der Waals surface area contributed by atoms with Crippen LogP contribution in [0.25, 0.3) is 22.5 Å². The number of rotatable bonds is 3. The zero-order valence-electron chi connectivity index (χ0n) is 12.0. The molecule has 3 aromatic rings. The van der Waals surface area contributed by atoms with Crippen LogP contribution in [0, 0.1) is 0 Å². The van der Waals surface area contributed by atoms with E-state index in [1.165, 1.54) is 6.07 Å². The molecule has 24 heavy (non-hydrogen) atoms. The number of carbonyl (C=O) groups excluding carboxylic acids is 1. The summed E-state index contributed by atoms with van der Waals surface area (Å²) in [5.41, 5.74) is 6.31. The zero-order valence-corrected chi connectivity index (χ0v) is 12.0. The highest BCUT2D eigenvalue weighted by molar-refractivity contribution is 5.96. The van der Waals surface area contributed by atoms with Gasteiger partial charge in [0.2, 0.25) is 0 Å². The third-order valence-electron chi connectivity index (χ3n) is 3.33. The van der Waals surface area contributed by atoms with Crippen LogP contribution in [0.2, 0.25) is 0 Å². The summed E-state index contributed by atoms with van der Waals surface area (Å²) < 4.78 is 37.6. The molecule has 6 nitrogen and oxygen atoms in total. The second kappa shape index (κ2) is 5.76. The summed E-state index contributed by atoms with van der Waals surface area (Å²) in [5, 5.41) is 9.87. The molecule has 0 bridgehead atoms. The van der Waals surface area contributed by atoms with Gasteiger partial charge in [-0.3, -0.25) is 9.78 Å². The molecule has 0 radical (unpaired) electrons. The molecule has 2 heterocycles. The number of halogens is 3. The van der Waals surface area contributed by atoms with Crippen LogP contribution in [0.1, 0.15) is 16.1 Å². The van der Waals surface area contributed by atoms with Gasteiger partial charge in [0.1, 0.15) is 5.69 Å². The van der Waals surface area contributed by atoms with Crippen molar-refractivity contribution < 1.29 is 18.0 Å². The third-order valence-corrected chi connectivity index (χ3v) is 3.33. The zero-order chi connectivity index (χ0) is 17.3. The summed E-state index contributed by atoms with van der Waals surface area (Å²) >= 11 is 0. The summed E-state index contributed by atoms with van der Waals surface area (Å²) in [4.78, 5) is 15.1. The monoisotopic (exact) mass is 333 g/mol. The fraction of sp³-hybridized carbons (Fsp3) is 0.0667. The van der Waals surface area contributed by atoms with Gasteiger partial charge in [0.15, 0.2) is 5.69 Å². The Labute approximate surface area is 133 Å². The summed E-state index contributed by atoms with van der Waals surface area (Å²) in [6.07, 6.45) is -3.64. The highest BCUT2D eigenvalue weighted by Crippen LogP contribution is 2.30. The number of hydrogen-bond acceptors (Lipinski definition) is 4. The number of H-pyrrole nitrogens is 1. The van der Waals surface area contributed by atoms with Gasteiger partial charge in [0.25, 0.3) is 5.91 Å². The molecule has 3 rings (SSSR count). The van der Waals surface area contributed by atoms with Gasteiger partial charge in [-0.2, -0.15) is 28.6 Å². The number of nitrogens with one attached hydrogen (secondary N) is 1. The van der Waals surface area contributed by atoms with Crippen molar-refractivity contribution in [2.75, 3.05) is 0 Å². The molecular weight excluding hydrogens is 323 g/mol. The maximum absolute atomic E-state index is 12.5. The number of aromatic nitrogens is 4. The molecule has 0 atom stereocenters. The number of amides is 1. The van der Waals surface area contributed by atoms with Gasteiger partial charge in [-0.15, -0.1) is 0 Å². The van der Waals surface area contributed by atoms with E-state index < -0.39 is 17.6 Å². The number of alkyl halides is 3. The molecule has 9 heteroatoms. The number of nitrogens with two attached hydrogens (primary N) is 1. The topological polar surface area (TPSA) is 97.6 Å². The Hall–Kier alpha value is -3.23. The molecule has 122 valence electrons. The van der Waals surface area contributed by atoms with E-state index in [1.807, 2.05) is 0 Å². The van der Waals surface area contributed by atoms with Gasteiger partial charge < -0.3 is 5.73 Å². The van der Waals surface area contributed by atoms with E-state index in [2.05, 4.69) is 20.4 Å². The van der Waals surface area contributed by atoms with Crippen LogP contribution >= 0.6 is 0 Å². The number of aromatic amines is 1. The van der Waals surface area contributed by atoms with E-state index in [1.54, 1.807) is 24.3 Å². The molecule has 0 saturated carbocycles. The molecule has 0 aliphatic rings. The maximum atomic E-state index is 12.5. The summed E-state index contributed by atoms with van der Waals surface area (Å²) in [6.45, 7) is 0. The Balaban J connectivity index is 1.90. The van der Waals surface area contributed by atoms with Crippen molar-refractivity contribution in [3.8, 4) is 22.5 Å². The molecule has 0 aliphatic heterocycles. The van der Waals surface area contributed by atoms with E-state index in [0.717, 1.165) is 12.3 Å². The normalized spacial score (nSPS) is 11.5. The first kappa shape index (κ1) is 15.7. The van der Waals surface area contributed by atoms with Crippen molar-refractivity contribution >= 4 is 5.91 Å². The highest BCUT2D eigenvalue weighted by Gasteiger charge is 2.30. The Morgan fingerprint density at radius 2 is 1.67 bits per heavy atom. The fourth-order valence-electron chi connectivity index (χ4n) is 2.14. The molecule has 3 N–H and O–H groups in total. The van der Waals surface area contributed by atoms with Crippen LogP contribution in [0.4, 0.5) is 13.2 Å². The lowest BCUT2D eigenvalue weighted by molar-refractivity contribution is -0.137. The summed E-state index contributed by atoms with van der Waals surface area (Å²) in [6, 6.07) is 8.88. The first-order valence-corrected chi connectivity index (χ1v) is 6.71. The predicted molar refractivity (Wildman–Crippen MR) is 78.6 cm³/mol. The van der Waals surface area contributed by atoms with Gasteiger partial charge in [0, 0.05) is 17.3 Å². The Morgan fingerprint density at radius 3 is 2.21 bits per heavy atom. The summed E-state index contributed by atoms with van der Waals surface area (Å²) in [7, 11) is 0. The van der Waals surface area contributed by atoms with Crippen molar-refractivity contribution in [3.63, 3.8) is 0 Å². The predicted octanol–water partition coefficient (Wildman–Crippen LogP) is 2.65. The van der Waals surface area contributed by atoms with Gasteiger partial charge >= 0.3 is 6.18 Å². The van der Waals surface area contributed by atoms with E-state index in [9.17, 15) is 18.0 Å². The van der Waals surface area contributed by atoms with E-state index in [4.69, 9.17) is 5.73 Å².